The van der Waals surface area contributed by atoms with E-state index < -0.39 is 23.7 Å². The lowest BCUT2D eigenvalue weighted by Crippen LogP contribution is -2.48. The van der Waals surface area contributed by atoms with Crippen molar-refractivity contribution in [3.05, 3.63) is 29.3 Å². The van der Waals surface area contributed by atoms with Gasteiger partial charge < -0.3 is 4.74 Å². The molecule has 1 fully saturated rings. The van der Waals surface area contributed by atoms with Gasteiger partial charge in [0.05, 0.1) is 17.6 Å². The SMILES string of the molecule is CC(C)(C)OC(=O)N1[C@@H]2CC[C@H]1C(=O)c1c2ccnc1F. The number of hydrogen-bond acceptors (Lipinski definition) is 4. The first-order chi connectivity index (χ1) is 9.79. The van der Waals surface area contributed by atoms with Gasteiger partial charge in [0.15, 0.2) is 5.78 Å². The third-order valence-corrected chi connectivity index (χ3v) is 3.83. The van der Waals surface area contributed by atoms with E-state index in [2.05, 4.69) is 4.98 Å². The molecule has 0 aliphatic carbocycles. The maximum absolute atomic E-state index is 13.8. The zero-order chi connectivity index (χ0) is 15.4. The molecule has 3 heterocycles. The Labute approximate surface area is 122 Å². The Morgan fingerprint density at radius 2 is 2.05 bits per heavy atom. The third-order valence-electron chi connectivity index (χ3n) is 3.83. The molecule has 0 spiro atoms. The Kier molecular flexibility index (Phi) is 3.00. The number of halogens is 1. The Morgan fingerprint density at radius 3 is 2.71 bits per heavy atom. The first kappa shape index (κ1) is 14.0. The number of aromatic nitrogens is 1. The van der Waals surface area contributed by atoms with Crippen molar-refractivity contribution in [3.63, 3.8) is 0 Å². The van der Waals surface area contributed by atoms with Gasteiger partial charge in [-0.1, -0.05) is 0 Å². The van der Waals surface area contributed by atoms with Gasteiger partial charge in [0.25, 0.3) is 0 Å². The molecule has 2 atom stereocenters. The fraction of sp³-hybridized carbons (Fsp3) is 0.533. The molecule has 2 bridgehead atoms. The number of rotatable bonds is 0. The van der Waals surface area contributed by atoms with E-state index in [1.54, 1.807) is 26.8 Å². The van der Waals surface area contributed by atoms with Crippen LogP contribution in [0, 0.1) is 5.95 Å². The van der Waals surface area contributed by atoms with Gasteiger partial charge in [0.2, 0.25) is 5.95 Å². The number of pyridine rings is 1. The van der Waals surface area contributed by atoms with Gasteiger partial charge in [0.1, 0.15) is 5.60 Å². The van der Waals surface area contributed by atoms with Gasteiger partial charge in [-0.05, 0) is 45.2 Å². The zero-order valence-electron chi connectivity index (χ0n) is 12.2. The van der Waals surface area contributed by atoms with Gasteiger partial charge in [-0.3, -0.25) is 9.69 Å². The monoisotopic (exact) mass is 292 g/mol. The van der Waals surface area contributed by atoms with Crippen LogP contribution < -0.4 is 0 Å². The van der Waals surface area contributed by atoms with Crippen LogP contribution in [0.4, 0.5) is 9.18 Å². The highest BCUT2D eigenvalue weighted by Crippen LogP contribution is 2.44. The summed E-state index contributed by atoms with van der Waals surface area (Å²) in [6.45, 7) is 5.32. The number of ketones is 1. The molecule has 0 radical (unpaired) electrons. The summed E-state index contributed by atoms with van der Waals surface area (Å²) in [7, 11) is 0. The molecule has 0 aromatic carbocycles. The van der Waals surface area contributed by atoms with Crippen LogP contribution in [0.1, 0.15) is 55.6 Å². The Balaban J connectivity index is 2.01. The van der Waals surface area contributed by atoms with Crippen molar-refractivity contribution in [2.75, 3.05) is 0 Å². The number of fused-ring (bicyclic) bond motifs is 4. The van der Waals surface area contributed by atoms with E-state index in [0.717, 1.165) is 0 Å². The van der Waals surface area contributed by atoms with Crippen molar-refractivity contribution in [1.29, 1.82) is 0 Å². The fourth-order valence-corrected chi connectivity index (χ4v) is 3.08. The Bertz CT molecular complexity index is 624. The number of ether oxygens (including phenoxy) is 1. The van der Waals surface area contributed by atoms with Crippen molar-refractivity contribution in [2.45, 2.75) is 51.3 Å². The molecular formula is C15H17FN2O3. The number of amides is 1. The highest BCUT2D eigenvalue weighted by molar-refractivity contribution is 6.04. The van der Waals surface area contributed by atoms with E-state index in [1.165, 1.54) is 11.1 Å². The van der Waals surface area contributed by atoms with Gasteiger partial charge in [-0.15, -0.1) is 0 Å². The second kappa shape index (κ2) is 4.51. The molecule has 1 saturated heterocycles. The Morgan fingerprint density at radius 1 is 1.38 bits per heavy atom. The van der Waals surface area contributed by atoms with Gasteiger partial charge in [0, 0.05) is 6.20 Å². The number of carbonyl (C=O) groups is 2. The summed E-state index contributed by atoms with van der Waals surface area (Å²) in [4.78, 5) is 29.8. The van der Waals surface area contributed by atoms with Crippen molar-refractivity contribution >= 4 is 11.9 Å². The summed E-state index contributed by atoms with van der Waals surface area (Å²) in [5, 5.41) is 0. The van der Waals surface area contributed by atoms with E-state index in [1.807, 2.05) is 0 Å². The number of nitrogens with zero attached hydrogens (tertiary/aromatic N) is 2. The smallest absolute Gasteiger partial charge is 0.411 e. The van der Waals surface area contributed by atoms with Gasteiger partial charge >= 0.3 is 6.09 Å². The first-order valence-electron chi connectivity index (χ1n) is 6.99. The molecule has 2 aliphatic heterocycles. The quantitative estimate of drug-likeness (QED) is 0.690. The minimum atomic E-state index is -0.752. The summed E-state index contributed by atoms with van der Waals surface area (Å²) in [6.07, 6.45) is 1.96. The average molecular weight is 292 g/mol. The maximum Gasteiger partial charge on any atom is 0.411 e. The summed E-state index contributed by atoms with van der Waals surface area (Å²) in [6, 6.07) is 0.658. The molecule has 2 aliphatic rings. The number of Topliss-reactive ketones (excluding diaryl/α,β-unsaturated/α-hetero) is 1. The predicted molar refractivity (Wildman–Crippen MR) is 72.4 cm³/mol. The third kappa shape index (κ3) is 2.18. The largest absolute Gasteiger partial charge is 0.444 e. The van der Waals surface area contributed by atoms with Crippen molar-refractivity contribution in [2.24, 2.45) is 0 Å². The van der Waals surface area contributed by atoms with Crippen LogP contribution >= 0.6 is 0 Å². The summed E-state index contributed by atoms with van der Waals surface area (Å²) < 4.78 is 19.2. The molecule has 1 amide bonds. The minimum Gasteiger partial charge on any atom is -0.444 e. The van der Waals surface area contributed by atoms with Crippen molar-refractivity contribution in [3.8, 4) is 0 Å². The first-order valence-corrected chi connectivity index (χ1v) is 6.99. The molecule has 3 rings (SSSR count). The predicted octanol–water partition coefficient (Wildman–Crippen LogP) is 2.86. The lowest BCUT2D eigenvalue weighted by atomic mass is 9.94. The van der Waals surface area contributed by atoms with Gasteiger partial charge in [-0.2, -0.15) is 4.39 Å². The molecular weight excluding hydrogens is 275 g/mol. The number of hydrogen-bond donors (Lipinski definition) is 0. The topological polar surface area (TPSA) is 59.5 Å². The average Bonchev–Trinajstić information content (AvgIpc) is 2.74. The Hall–Kier alpha value is -1.98. The van der Waals surface area contributed by atoms with Crippen LogP contribution in [0.25, 0.3) is 0 Å². The standard InChI is InChI=1S/C15H17FN2O3/c1-15(2,3)21-14(20)18-9-4-5-10(18)12(19)11-8(9)6-7-17-13(11)16/h6-7,9-10H,4-5H2,1-3H3/t9-,10+/m1/s1. The van der Waals surface area contributed by atoms with E-state index >= 15 is 0 Å². The van der Waals surface area contributed by atoms with Crippen LogP contribution in [0.5, 0.6) is 0 Å². The van der Waals surface area contributed by atoms with Crippen molar-refractivity contribution < 1.29 is 18.7 Å². The normalized spacial score (nSPS) is 24.0. The van der Waals surface area contributed by atoms with E-state index in [0.29, 0.717) is 18.4 Å². The van der Waals surface area contributed by atoms with Crippen LogP contribution in [0.2, 0.25) is 0 Å². The summed E-state index contributed by atoms with van der Waals surface area (Å²) in [5.74, 6) is -1.13. The molecule has 112 valence electrons. The molecule has 0 N–H and O–H groups in total. The second-order valence-corrected chi connectivity index (χ2v) is 6.43. The second-order valence-electron chi connectivity index (χ2n) is 6.43. The minimum absolute atomic E-state index is 0.0322. The van der Waals surface area contributed by atoms with Crippen LogP contribution in [0.3, 0.4) is 0 Å². The maximum atomic E-state index is 13.8. The molecule has 6 heteroatoms. The summed E-state index contributed by atoms with van der Waals surface area (Å²) in [5.41, 5.74) is -0.0690. The van der Waals surface area contributed by atoms with Gasteiger partial charge in [-0.25, -0.2) is 9.78 Å². The highest BCUT2D eigenvalue weighted by atomic mass is 19.1. The van der Waals surface area contributed by atoms with Crippen LogP contribution in [-0.2, 0) is 4.74 Å². The highest BCUT2D eigenvalue weighted by Gasteiger charge is 2.49. The molecule has 21 heavy (non-hydrogen) atoms. The summed E-state index contributed by atoms with van der Waals surface area (Å²) >= 11 is 0. The molecule has 0 unspecified atom stereocenters. The molecule has 1 aromatic rings. The van der Waals surface area contributed by atoms with Crippen molar-refractivity contribution in [1.82, 2.24) is 9.88 Å². The van der Waals surface area contributed by atoms with E-state index in [9.17, 15) is 14.0 Å². The lowest BCUT2D eigenvalue weighted by Gasteiger charge is -2.36. The fourth-order valence-electron chi connectivity index (χ4n) is 3.08. The molecule has 0 saturated carbocycles. The number of carbonyl (C=O) groups excluding carboxylic acids is 2. The molecule has 1 aromatic heterocycles. The van der Waals surface area contributed by atoms with E-state index in [-0.39, 0.29) is 17.4 Å². The van der Waals surface area contributed by atoms with E-state index in [4.69, 9.17) is 4.74 Å². The molecule has 5 nitrogen and oxygen atoms in total. The zero-order valence-corrected chi connectivity index (χ0v) is 12.2. The van der Waals surface area contributed by atoms with Crippen LogP contribution in [-0.4, -0.2) is 33.4 Å². The lowest BCUT2D eigenvalue weighted by molar-refractivity contribution is 0.0125. The van der Waals surface area contributed by atoms with Crippen LogP contribution in [0.15, 0.2) is 12.3 Å².